The molecule has 0 aromatic heterocycles. The number of hydrogen-bond donors (Lipinski definition) is 1. The van der Waals surface area contributed by atoms with Gasteiger partial charge >= 0.3 is 0 Å². The topological polar surface area (TPSA) is 15.3 Å². The number of benzene rings is 1. The summed E-state index contributed by atoms with van der Waals surface area (Å²) in [4.78, 5) is 2.65. The van der Waals surface area contributed by atoms with Crippen LogP contribution in [0.25, 0.3) is 0 Å². The molecule has 108 valence electrons. The van der Waals surface area contributed by atoms with Gasteiger partial charge in [-0.3, -0.25) is 0 Å². The Labute approximate surface area is 122 Å². The first-order chi connectivity index (χ1) is 9.90. The predicted molar refractivity (Wildman–Crippen MR) is 82.9 cm³/mol. The lowest BCUT2D eigenvalue weighted by Crippen LogP contribution is -2.46. The Kier molecular flexibility index (Phi) is 3.53. The van der Waals surface area contributed by atoms with E-state index in [0.29, 0.717) is 6.04 Å². The largest absolute Gasteiger partial charge is 0.310 e. The molecule has 0 radical (unpaired) electrons. The van der Waals surface area contributed by atoms with Gasteiger partial charge in [0.15, 0.2) is 0 Å². The molecule has 2 atom stereocenters. The Balaban J connectivity index is 1.49. The summed E-state index contributed by atoms with van der Waals surface area (Å²) < 4.78 is 0. The van der Waals surface area contributed by atoms with Gasteiger partial charge in [-0.05, 0) is 68.3 Å². The van der Waals surface area contributed by atoms with Gasteiger partial charge in [-0.25, -0.2) is 0 Å². The molecule has 1 aromatic carbocycles. The first-order valence-electron chi connectivity index (χ1n) is 8.46. The summed E-state index contributed by atoms with van der Waals surface area (Å²) in [5.41, 5.74) is 3.08. The van der Waals surface area contributed by atoms with Crippen LogP contribution in [0, 0.1) is 5.92 Å². The van der Waals surface area contributed by atoms with E-state index < -0.39 is 0 Å². The van der Waals surface area contributed by atoms with E-state index in [-0.39, 0.29) is 0 Å². The minimum absolute atomic E-state index is 0.601. The van der Waals surface area contributed by atoms with Crippen molar-refractivity contribution in [2.45, 2.75) is 44.1 Å². The molecule has 2 nitrogen and oxygen atoms in total. The fraction of sp³-hybridized carbons (Fsp3) is 0.667. The fourth-order valence-electron chi connectivity index (χ4n) is 4.45. The molecule has 5 rings (SSSR count). The predicted octanol–water partition coefficient (Wildman–Crippen LogP) is 3.31. The van der Waals surface area contributed by atoms with E-state index in [4.69, 9.17) is 0 Å². The van der Waals surface area contributed by atoms with Crippen molar-refractivity contribution in [3.8, 4) is 0 Å². The maximum atomic E-state index is 3.65. The molecule has 4 saturated heterocycles. The zero-order valence-corrected chi connectivity index (χ0v) is 12.4. The zero-order chi connectivity index (χ0) is 13.4. The maximum Gasteiger partial charge on any atom is 0.0320 e. The molecule has 2 unspecified atom stereocenters. The molecule has 2 bridgehead atoms. The molecule has 2 heteroatoms. The summed E-state index contributed by atoms with van der Waals surface area (Å²) in [6.45, 7) is 5.16. The fourth-order valence-corrected chi connectivity index (χ4v) is 4.45. The van der Waals surface area contributed by atoms with Crippen LogP contribution in [0.2, 0.25) is 0 Å². The molecule has 20 heavy (non-hydrogen) atoms. The molecule has 0 saturated carbocycles. The van der Waals surface area contributed by atoms with Crippen molar-refractivity contribution in [1.29, 1.82) is 0 Å². The zero-order valence-electron chi connectivity index (χ0n) is 12.4. The van der Waals surface area contributed by atoms with Crippen LogP contribution >= 0.6 is 0 Å². The normalized spacial score (nSPS) is 37.0. The Morgan fingerprint density at radius 2 is 1.65 bits per heavy atom. The molecular weight excluding hydrogens is 244 g/mol. The number of piperidine rings is 4. The maximum absolute atomic E-state index is 3.65. The SMILES string of the molecule is c1cc(C2CN3CCC2CC3)ccc1C1CCCCN1. The van der Waals surface area contributed by atoms with Gasteiger partial charge < -0.3 is 10.2 Å². The van der Waals surface area contributed by atoms with Crippen LogP contribution in [0.1, 0.15) is 55.2 Å². The van der Waals surface area contributed by atoms with E-state index in [1.807, 2.05) is 0 Å². The average molecular weight is 270 g/mol. The summed E-state index contributed by atoms with van der Waals surface area (Å²) in [6, 6.07) is 10.2. The second kappa shape index (κ2) is 5.50. The highest BCUT2D eigenvalue weighted by molar-refractivity contribution is 5.29. The second-order valence-corrected chi connectivity index (χ2v) is 6.91. The minimum Gasteiger partial charge on any atom is -0.310 e. The number of nitrogens with zero attached hydrogens (tertiary/aromatic N) is 1. The first kappa shape index (κ1) is 12.8. The van der Waals surface area contributed by atoms with Gasteiger partial charge in [0.1, 0.15) is 0 Å². The van der Waals surface area contributed by atoms with Crippen LogP contribution in [0.4, 0.5) is 0 Å². The van der Waals surface area contributed by atoms with Crippen molar-refractivity contribution in [2.24, 2.45) is 5.92 Å². The Morgan fingerprint density at radius 3 is 2.25 bits per heavy atom. The van der Waals surface area contributed by atoms with Gasteiger partial charge in [0.05, 0.1) is 0 Å². The van der Waals surface area contributed by atoms with Crippen molar-refractivity contribution in [2.75, 3.05) is 26.2 Å². The molecule has 4 fully saturated rings. The summed E-state index contributed by atoms with van der Waals surface area (Å²) in [5.74, 6) is 1.74. The summed E-state index contributed by atoms with van der Waals surface area (Å²) >= 11 is 0. The summed E-state index contributed by atoms with van der Waals surface area (Å²) in [7, 11) is 0. The van der Waals surface area contributed by atoms with Gasteiger partial charge in [-0.15, -0.1) is 0 Å². The summed E-state index contributed by atoms with van der Waals surface area (Å²) in [5, 5.41) is 3.65. The second-order valence-electron chi connectivity index (χ2n) is 6.91. The molecule has 0 spiro atoms. The lowest BCUT2D eigenvalue weighted by Gasteiger charge is -2.45. The van der Waals surface area contributed by atoms with Crippen LogP contribution in [0.5, 0.6) is 0 Å². The first-order valence-corrected chi connectivity index (χ1v) is 8.46. The van der Waals surface area contributed by atoms with Gasteiger partial charge in [0, 0.05) is 12.6 Å². The number of nitrogens with one attached hydrogen (secondary N) is 1. The number of fused-ring (bicyclic) bond motifs is 3. The third-order valence-electron chi connectivity index (χ3n) is 5.73. The highest BCUT2D eigenvalue weighted by atomic mass is 15.1. The molecule has 1 N–H and O–H groups in total. The van der Waals surface area contributed by atoms with Crippen molar-refractivity contribution in [3.05, 3.63) is 35.4 Å². The van der Waals surface area contributed by atoms with Crippen LogP contribution < -0.4 is 5.32 Å². The van der Waals surface area contributed by atoms with Crippen molar-refractivity contribution >= 4 is 0 Å². The molecule has 4 aliphatic heterocycles. The molecular formula is C18H26N2. The third-order valence-corrected chi connectivity index (χ3v) is 5.73. The van der Waals surface area contributed by atoms with Gasteiger partial charge in [0.25, 0.3) is 0 Å². The van der Waals surface area contributed by atoms with E-state index in [0.717, 1.165) is 11.8 Å². The van der Waals surface area contributed by atoms with Gasteiger partial charge in [-0.2, -0.15) is 0 Å². The van der Waals surface area contributed by atoms with E-state index in [9.17, 15) is 0 Å². The quantitative estimate of drug-likeness (QED) is 0.887. The highest BCUT2D eigenvalue weighted by Crippen LogP contribution is 2.39. The van der Waals surface area contributed by atoms with Gasteiger partial charge in [-0.1, -0.05) is 30.7 Å². The van der Waals surface area contributed by atoms with Gasteiger partial charge in [0.2, 0.25) is 0 Å². The van der Waals surface area contributed by atoms with E-state index in [1.54, 1.807) is 5.56 Å². The number of hydrogen-bond acceptors (Lipinski definition) is 2. The lowest BCUT2D eigenvalue weighted by atomic mass is 9.75. The molecule has 0 aliphatic carbocycles. The molecule has 4 aliphatic rings. The van der Waals surface area contributed by atoms with Crippen LogP contribution in [0.3, 0.4) is 0 Å². The molecule has 1 aromatic rings. The molecule has 0 amide bonds. The Hall–Kier alpha value is -0.860. The van der Waals surface area contributed by atoms with Crippen molar-refractivity contribution < 1.29 is 0 Å². The Bertz CT molecular complexity index is 439. The van der Waals surface area contributed by atoms with Crippen LogP contribution in [-0.4, -0.2) is 31.1 Å². The van der Waals surface area contributed by atoms with E-state index >= 15 is 0 Å². The van der Waals surface area contributed by atoms with Crippen molar-refractivity contribution in [1.82, 2.24) is 10.2 Å². The minimum atomic E-state index is 0.601. The van der Waals surface area contributed by atoms with Crippen molar-refractivity contribution in [3.63, 3.8) is 0 Å². The standard InChI is InChI=1S/C18H26N2/c1-2-10-19-18(3-1)16-6-4-14(5-7-16)17-13-20-11-8-15(17)9-12-20/h4-7,15,17-19H,1-3,8-13H2. The van der Waals surface area contributed by atoms with E-state index in [2.05, 4.69) is 34.5 Å². The number of rotatable bonds is 2. The monoisotopic (exact) mass is 270 g/mol. The van der Waals surface area contributed by atoms with E-state index in [1.165, 1.54) is 63.8 Å². The average Bonchev–Trinajstić information content (AvgIpc) is 2.57. The van der Waals surface area contributed by atoms with Crippen LogP contribution in [-0.2, 0) is 0 Å². The Morgan fingerprint density at radius 1 is 0.900 bits per heavy atom. The lowest BCUT2D eigenvalue weighted by molar-refractivity contribution is 0.0871. The smallest absolute Gasteiger partial charge is 0.0320 e. The third kappa shape index (κ3) is 2.40. The molecule has 4 heterocycles. The highest BCUT2D eigenvalue weighted by Gasteiger charge is 2.34. The summed E-state index contributed by atoms with van der Waals surface area (Å²) in [6.07, 6.45) is 6.85. The van der Waals surface area contributed by atoms with Crippen LogP contribution in [0.15, 0.2) is 24.3 Å².